The van der Waals surface area contributed by atoms with Gasteiger partial charge < -0.3 is 13.7 Å². The van der Waals surface area contributed by atoms with Crippen LogP contribution in [0.2, 0.25) is 0 Å². The van der Waals surface area contributed by atoms with Gasteiger partial charge in [-0.2, -0.15) is 5.10 Å². The Bertz CT molecular complexity index is 969. The lowest BCUT2D eigenvalue weighted by Gasteiger charge is -2.32. The van der Waals surface area contributed by atoms with Crippen LogP contribution in [-0.4, -0.2) is 35.0 Å². The number of hydrogen-bond donors (Lipinski definition) is 1. The highest BCUT2D eigenvalue weighted by Gasteiger charge is 2.32. The molecule has 1 aliphatic heterocycles. The number of carbonyl (C=O) groups excluding carboxylic acids is 2. The van der Waals surface area contributed by atoms with Gasteiger partial charge in [0.2, 0.25) is 0 Å². The Morgan fingerprint density at radius 1 is 1.21 bits per heavy atom. The van der Waals surface area contributed by atoms with Crippen LogP contribution in [0.3, 0.4) is 0 Å². The number of rotatable bonds is 3. The van der Waals surface area contributed by atoms with E-state index in [0.29, 0.717) is 17.1 Å². The summed E-state index contributed by atoms with van der Waals surface area (Å²) in [6.07, 6.45) is 7.06. The highest BCUT2D eigenvalue weighted by atomic mass is 16.4. The lowest BCUT2D eigenvalue weighted by atomic mass is 9.93. The van der Waals surface area contributed by atoms with Crippen LogP contribution in [0.5, 0.6) is 0 Å². The van der Waals surface area contributed by atoms with Crippen molar-refractivity contribution in [3.8, 4) is 0 Å². The minimum atomic E-state index is -0.310. The summed E-state index contributed by atoms with van der Waals surface area (Å²) in [5.41, 5.74) is 5.53. The predicted molar refractivity (Wildman–Crippen MR) is 108 cm³/mol. The van der Waals surface area contributed by atoms with E-state index in [4.69, 9.17) is 8.83 Å². The Balaban J connectivity index is 1.60. The summed E-state index contributed by atoms with van der Waals surface area (Å²) in [6, 6.07) is 1.85. The molecule has 2 amide bonds. The molecule has 4 rings (SSSR count). The van der Waals surface area contributed by atoms with Crippen molar-refractivity contribution in [2.24, 2.45) is 5.10 Å². The molecule has 1 atom stereocenters. The molecule has 7 nitrogen and oxygen atoms in total. The summed E-state index contributed by atoms with van der Waals surface area (Å²) in [5, 5.41) is 4.37. The normalized spacial score (nSPS) is 20.6. The van der Waals surface area contributed by atoms with Gasteiger partial charge in [-0.25, -0.2) is 5.43 Å². The largest absolute Gasteiger partial charge is 0.469 e. The summed E-state index contributed by atoms with van der Waals surface area (Å²) < 4.78 is 11.2. The van der Waals surface area contributed by atoms with Crippen LogP contribution < -0.4 is 5.43 Å². The summed E-state index contributed by atoms with van der Waals surface area (Å²) in [5.74, 6) is 1.40. The molecule has 0 spiro atoms. The average molecular weight is 397 g/mol. The van der Waals surface area contributed by atoms with E-state index in [2.05, 4.69) is 17.5 Å². The van der Waals surface area contributed by atoms with Gasteiger partial charge in [0.25, 0.3) is 11.8 Å². The Labute approximate surface area is 170 Å². The second-order valence-electron chi connectivity index (χ2n) is 7.94. The fourth-order valence-corrected chi connectivity index (χ4v) is 4.31. The van der Waals surface area contributed by atoms with Gasteiger partial charge >= 0.3 is 0 Å². The van der Waals surface area contributed by atoms with Crippen LogP contribution in [-0.2, 0) is 6.42 Å². The number of likely N-dealkylation sites (tertiary alicyclic amines) is 1. The quantitative estimate of drug-likeness (QED) is 0.794. The SMILES string of the molecule is Cc1occc1C(=O)N/N=C1\CCCc2oc(C(=O)N3CCCCC3C)c(C)c21. The average Bonchev–Trinajstić information content (AvgIpc) is 3.29. The van der Waals surface area contributed by atoms with Crippen molar-refractivity contribution in [3.63, 3.8) is 0 Å². The van der Waals surface area contributed by atoms with Gasteiger partial charge in [-0.15, -0.1) is 0 Å². The summed E-state index contributed by atoms with van der Waals surface area (Å²) in [4.78, 5) is 27.4. The number of hydrazone groups is 1. The van der Waals surface area contributed by atoms with Gasteiger partial charge in [0.15, 0.2) is 5.76 Å². The first kappa shape index (κ1) is 19.5. The van der Waals surface area contributed by atoms with Crippen LogP contribution in [0.25, 0.3) is 0 Å². The van der Waals surface area contributed by atoms with Crippen molar-refractivity contribution in [1.29, 1.82) is 0 Å². The number of nitrogens with one attached hydrogen (secondary N) is 1. The van der Waals surface area contributed by atoms with E-state index >= 15 is 0 Å². The maximum atomic E-state index is 13.1. The number of hydrogen-bond acceptors (Lipinski definition) is 5. The van der Waals surface area contributed by atoms with Crippen LogP contribution in [0.1, 0.15) is 82.6 Å². The molecular formula is C22H27N3O4. The van der Waals surface area contributed by atoms with Crippen LogP contribution in [0.15, 0.2) is 26.3 Å². The minimum absolute atomic E-state index is 0.0403. The molecule has 29 heavy (non-hydrogen) atoms. The standard InChI is InChI=1S/C22H27N3O4/c1-13-7-4-5-11-25(13)22(27)20-14(2)19-17(8-6-9-18(19)29-20)23-24-21(26)16-10-12-28-15(16)3/h10,12-13H,4-9,11H2,1-3H3,(H,24,26)/b23-17+. The van der Waals surface area contributed by atoms with Crippen molar-refractivity contribution in [1.82, 2.24) is 10.3 Å². The zero-order valence-corrected chi connectivity index (χ0v) is 17.2. The molecule has 7 heteroatoms. The van der Waals surface area contributed by atoms with Crippen molar-refractivity contribution >= 4 is 17.5 Å². The molecule has 0 radical (unpaired) electrons. The molecule has 2 aromatic heterocycles. The highest BCUT2D eigenvalue weighted by Crippen LogP contribution is 2.31. The number of carbonyl (C=O) groups is 2. The molecule has 1 N–H and O–H groups in total. The number of piperidine rings is 1. The summed E-state index contributed by atoms with van der Waals surface area (Å²) >= 11 is 0. The first-order valence-electron chi connectivity index (χ1n) is 10.3. The minimum Gasteiger partial charge on any atom is -0.469 e. The van der Waals surface area contributed by atoms with Crippen LogP contribution in [0.4, 0.5) is 0 Å². The molecule has 1 unspecified atom stereocenters. The first-order chi connectivity index (χ1) is 14.0. The third kappa shape index (κ3) is 3.61. The van der Waals surface area contributed by atoms with E-state index in [9.17, 15) is 9.59 Å². The van der Waals surface area contributed by atoms with E-state index in [1.54, 1.807) is 13.0 Å². The van der Waals surface area contributed by atoms with Crippen LogP contribution in [0, 0.1) is 13.8 Å². The lowest BCUT2D eigenvalue weighted by molar-refractivity contribution is 0.0600. The molecule has 2 aliphatic rings. The van der Waals surface area contributed by atoms with Gasteiger partial charge in [0.1, 0.15) is 11.5 Å². The number of nitrogens with zero attached hydrogens (tertiary/aromatic N) is 2. The molecule has 2 aromatic rings. The Kier molecular flexibility index (Phi) is 5.30. The molecule has 1 fully saturated rings. The number of aryl methyl sites for hydroxylation is 2. The van der Waals surface area contributed by atoms with E-state index in [1.165, 1.54) is 6.26 Å². The zero-order valence-electron chi connectivity index (χ0n) is 17.2. The van der Waals surface area contributed by atoms with Gasteiger partial charge in [-0.1, -0.05) is 0 Å². The van der Waals surface area contributed by atoms with Crippen LogP contribution >= 0.6 is 0 Å². The second kappa shape index (κ2) is 7.89. The molecular weight excluding hydrogens is 370 g/mol. The monoisotopic (exact) mass is 397 g/mol. The molecule has 1 aliphatic carbocycles. The van der Waals surface area contributed by atoms with E-state index in [0.717, 1.165) is 67.7 Å². The van der Waals surface area contributed by atoms with Gasteiger partial charge in [-0.05, 0) is 58.9 Å². The zero-order chi connectivity index (χ0) is 20.5. The van der Waals surface area contributed by atoms with E-state index in [1.807, 2.05) is 11.8 Å². The smallest absolute Gasteiger partial charge is 0.290 e. The Hall–Kier alpha value is -2.83. The number of fused-ring (bicyclic) bond motifs is 1. The predicted octanol–water partition coefficient (Wildman–Crippen LogP) is 3.97. The third-order valence-corrected chi connectivity index (χ3v) is 5.98. The molecule has 0 aromatic carbocycles. The first-order valence-corrected chi connectivity index (χ1v) is 10.3. The van der Waals surface area contributed by atoms with Gasteiger partial charge in [0.05, 0.1) is 17.5 Å². The van der Waals surface area contributed by atoms with E-state index < -0.39 is 0 Å². The van der Waals surface area contributed by atoms with Gasteiger partial charge in [0, 0.05) is 30.1 Å². The summed E-state index contributed by atoms with van der Waals surface area (Å²) in [6.45, 7) is 6.51. The summed E-state index contributed by atoms with van der Waals surface area (Å²) in [7, 11) is 0. The molecule has 0 bridgehead atoms. The fourth-order valence-electron chi connectivity index (χ4n) is 4.31. The highest BCUT2D eigenvalue weighted by molar-refractivity contribution is 6.07. The molecule has 3 heterocycles. The van der Waals surface area contributed by atoms with Crippen molar-refractivity contribution in [3.05, 3.63) is 46.3 Å². The maximum absolute atomic E-state index is 13.1. The molecule has 154 valence electrons. The molecule has 0 saturated carbocycles. The Morgan fingerprint density at radius 2 is 2.03 bits per heavy atom. The van der Waals surface area contributed by atoms with E-state index in [-0.39, 0.29) is 17.9 Å². The third-order valence-electron chi connectivity index (χ3n) is 5.98. The molecule has 1 saturated heterocycles. The lowest BCUT2D eigenvalue weighted by Crippen LogP contribution is -2.42. The van der Waals surface area contributed by atoms with Crippen molar-refractivity contribution in [2.45, 2.75) is 65.3 Å². The second-order valence-corrected chi connectivity index (χ2v) is 7.94. The van der Waals surface area contributed by atoms with Crippen molar-refractivity contribution < 1.29 is 18.4 Å². The number of furan rings is 2. The van der Waals surface area contributed by atoms with Crippen molar-refractivity contribution in [2.75, 3.05) is 6.54 Å². The topological polar surface area (TPSA) is 88.0 Å². The fraction of sp³-hybridized carbons (Fsp3) is 0.500. The van der Waals surface area contributed by atoms with Gasteiger partial charge in [-0.3, -0.25) is 9.59 Å². The maximum Gasteiger partial charge on any atom is 0.290 e. The number of amides is 2. The Morgan fingerprint density at radius 3 is 2.76 bits per heavy atom.